The Labute approximate surface area is 123 Å². The molecule has 0 radical (unpaired) electrons. The van der Waals surface area contributed by atoms with Gasteiger partial charge in [-0.25, -0.2) is 4.79 Å². The van der Waals surface area contributed by atoms with E-state index in [1.165, 1.54) is 11.6 Å². The maximum absolute atomic E-state index is 12.0. The number of nitrogens with two attached hydrogens (primary N) is 1. The SMILES string of the molecule is Cn1c(=O)[nH]c(=O)c2c1nc(N)n2Cc1ccc(Cl)cc1. The Morgan fingerprint density at radius 1 is 1.29 bits per heavy atom. The van der Waals surface area contributed by atoms with Crippen molar-refractivity contribution in [1.29, 1.82) is 0 Å². The third kappa shape index (κ3) is 2.21. The van der Waals surface area contributed by atoms with E-state index in [0.29, 0.717) is 11.6 Å². The lowest BCUT2D eigenvalue weighted by molar-refractivity contribution is 0.812. The van der Waals surface area contributed by atoms with Crippen molar-refractivity contribution in [3.63, 3.8) is 0 Å². The summed E-state index contributed by atoms with van der Waals surface area (Å²) in [6.45, 7) is 0.362. The third-order valence-electron chi connectivity index (χ3n) is 3.29. The van der Waals surface area contributed by atoms with Crippen LogP contribution >= 0.6 is 11.6 Å². The molecule has 0 spiro atoms. The number of imidazole rings is 1. The Kier molecular flexibility index (Phi) is 3.06. The van der Waals surface area contributed by atoms with Gasteiger partial charge in [-0.2, -0.15) is 4.98 Å². The van der Waals surface area contributed by atoms with E-state index in [9.17, 15) is 9.59 Å². The molecule has 108 valence electrons. The van der Waals surface area contributed by atoms with Crippen LogP contribution in [0.1, 0.15) is 5.56 Å². The van der Waals surface area contributed by atoms with E-state index in [1.54, 1.807) is 16.7 Å². The second-order valence-electron chi connectivity index (χ2n) is 4.67. The van der Waals surface area contributed by atoms with Crippen LogP contribution in [-0.4, -0.2) is 19.1 Å². The second-order valence-corrected chi connectivity index (χ2v) is 5.11. The first kappa shape index (κ1) is 13.4. The summed E-state index contributed by atoms with van der Waals surface area (Å²) >= 11 is 5.85. The van der Waals surface area contributed by atoms with Gasteiger partial charge < -0.3 is 10.3 Å². The van der Waals surface area contributed by atoms with Crippen LogP contribution in [0.15, 0.2) is 33.9 Å². The molecule has 0 amide bonds. The molecular weight excluding hydrogens is 294 g/mol. The minimum Gasteiger partial charge on any atom is -0.369 e. The molecule has 0 unspecified atom stereocenters. The van der Waals surface area contributed by atoms with Crippen LogP contribution in [-0.2, 0) is 13.6 Å². The van der Waals surface area contributed by atoms with Gasteiger partial charge in [-0.15, -0.1) is 0 Å². The van der Waals surface area contributed by atoms with Gasteiger partial charge in [0.1, 0.15) is 0 Å². The van der Waals surface area contributed by atoms with Crippen LogP contribution in [0, 0.1) is 0 Å². The lowest BCUT2D eigenvalue weighted by atomic mass is 10.2. The van der Waals surface area contributed by atoms with Crippen molar-refractivity contribution in [3.8, 4) is 0 Å². The van der Waals surface area contributed by atoms with E-state index >= 15 is 0 Å². The summed E-state index contributed by atoms with van der Waals surface area (Å²) in [5.41, 5.74) is 6.29. The molecule has 8 heteroatoms. The molecule has 0 fully saturated rings. The number of nitrogen functional groups attached to an aromatic ring is 1. The fourth-order valence-corrected chi connectivity index (χ4v) is 2.31. The maximum atomic E-state index is 12.0. The molecule has 0 aliphatic rings. The minimum absolute atomic E-state index is 0.173. The predicted molar refractivity (Wildman–Crippen MR) is 80.6 cm³/mol. The number of halogens is 1. The maximum Gasteiger partial charge on any atom is 0.329 e. The number of rotatable bonds is 2. The van der Waals surface area contributed by atoms with Crippen molar-refractivity contribution in [3.05, 3.63) is 55.7 Å². The summed E-state index contributed by atoms with van der Waals surface area (Å²) in [6.07, 6.45) is 0. The van der Waals surface area contributed by atoms with Crippen molar-refractivity contribution in [2.45, 2.75) is 6.54 Å². The van der Waals surface area contributed by atoms with Gasteiger partial charge in [-0.3, -0.25) is 14.3 Å². The highest BCUT2D eigenvalue weighted by Gasteiger charge is 2.15. The molecule has 1 aromatic carbocycles. The van der Waals surface area contributed by atoms with Crippen LogP contribution in [0.5, 0.6) is 0 Å². The lowest BCUT2D eigenvalue weighted by Gasteiger charge is -2.06. The summed E-state index contributed by atoms with van der Waals surface area (Å²) in [5, 5.41) is 0.627. The Balaban J connectivity index is 2.21. The predicted octanol–water partition coefficient (Wildman–Crippen LogP) is 0.707. The number of nitrogens with zero attached hydrogens (tertiary/aromatic N) is 3. The van der Waals surface area contributed by atoms with Gasteiger partial charge in [0.2, 0.25) is 5.95 Å². The van der Waals surface area contributed by atoms with Crippen molar-refractivity contribution in [2.75, 3.05) is 5.73 Å². The van der Waals surface area contributed by atoms with Crippen LogP contribution in [0.4, 0.5) is 5.95 Å². The highest BCUT2D eigenvalue weighted by Crippen LogP contribution is 2.16. The first-order valence-electron chi connectivity index (χ1n) is 6.17. The number of benzene rings is 1. The molecule has 21 heavy (non-hydrogen) atoms. The van der Waals surface area contributed by atoms with Gasteiger partial charge >= 0.3 is 5.69 Å². The fraction of sp³-hybridized carbons (Fsp3) is 0.154. The smallest absolute Gasteiger partial charge is 0.329 e. The van der Waals surface area contributed by atoms with E-state index in [4.69, 9.17) is 17.3 Å². The number of nitrogens with one attached hydrogen (secondary N) is 1. The lowest BCUT2D eigenvalue weighted by Crippen LogP contribution is -2.29. The standard InChI is InChI=1S/C13H12ClN5O2/c1-18-10-9(11(20)17-13(18)21)19(12(15)16-10)6-7-2-4-8(14)5-3-7/h2-5H,6H2,1H3,(H2,15,16)(H,17,20,21). The van der Waals surface area contributed by atoms with E-state index in [2.05, 4.69) is 9.97 Å². The van der Waals surface area contributed by atoms with Gasteiger partial charge in [-0.1, -0.05) is 23.7 Å². The molecule has 7 nitrogen and oxygen atoms in total. The number of aromatic amines is 1. The summed E-state index contributed by atoms with van der Waals surface area (Å²) in [4.78, 5) is 29.9. The van der Waals surface area contributed by atoms with Crippen LogP contribution < -0.4 is 17.0 Å². The number of anilines is 1. The number of aryl methyl sites for hydroxylation is 1. The molecule has 0 saturated heterocycles. The number of hydrogen-bond acceptors (Lipinski definition) is 4. The van der Waals surface area contributed by atoms with Crippen molar-refractivity contribution in [2.24, 2.45) is 7.05 Å². The molecule has 0 atom stereocenters. The first-order chi connectivity index (χ1) is 9.97. The second kappa shape index (κ2) is 4.78. The van der Waals surface area contributed by atoms with Gasteiger partial charge in [0.25, 0.3) is 5.56 Å². The number of fused-ring (bicyclic) bond motifs is 1. The Morgan fingerprint density at radius 3 is 2.62 bits per heavy atom. The molecule has 0 bridgehead atoms. The monoisotopic (exact) mass is 305 g/mol. The van der Waals surface area contributed by atoms with E-state index in [1.807, 2.05) is 12.1 Å². The molecule has 3 rings (SSSR count). The Morgan fingerprint density at radius 2 is 1.95 bits per heavy atom. The normalized spacial score (nSPS) is 11.1. The zero-order valence-electron chi connectivity index (χ0n) is 11.1. The van der Waals surface area contributed by atoms with Gasteiger partial charge in [0.15, 0.2) is 11.2 Å². The molecule has 0 saturated carbocycles. The van der Waals surface area contributed by atoms with Crippen LogP contribution in [0.2, 0.25) is 5.02 Å². The van der Waals surface area contributed by atoms with Gasteiger partial charge in [-0.05, 0) is 17.7 Å². The molecule has 3 aromatic rings. The number of H-pyrrole nitrogens is 1. The molecule has 2 heterocycles. The fourth-order valence-electron chi connectivity index (χ4n) is 2.18. The number of hydrogen-bond donors (Lipinski definition) is 2. The van der Waals surface area contributed by atoms with Crippen LogP contribution in [0.25, 0.3) is 11.2 Å². The molecular formula is C13H12ClN5O2. The average Bonchev–Trinajstić information content (AvgIpc) is 2.77. The van der Waals surface area contributed by atoms with E-state index in [-0.39, 0.29) is 17.1 Å². The topological polar surface area (TPSA) is 98.7 Å². The third-order valence-corrected chi connectivity index (χ3v) is 3.54. The summed E-state index contributed by atoms with van der Waals surface area (Å²) in [7, 11) is 1.53. The first-order valence-corrected chi connectivity index (χ1v) is 6.54. The molecule has 0 aliphatic heterocycles. The molecule has 2 aromatic heterocycles. The average molecular weight is 306 g/mol. The molecule has 0 aliphatic carbocycles. The summed E-state index contributed by atoms with van der Waals surface area (Å²) in [5.74, 6) is 0.173. The van der Waals surface area contributed by atoms with Crippen molar-refractivity contribution in [1.82, 2.24) is 19.1 Å². The van der Waals surface area contributed by atoms with Gasteiger partial charge in [0.05, 0.1) is 6.54 Å². The largest absolute Gasteiger partial charge is 0.369 e. The summed E-state index contributed by atoms with van der Waals surface area (Å²) < 4.78 is 2.82. The Hall–Kier alpha value is -2.54. The molecule has 3 N–H and O–H groups in total. The van der Waals surface area contributed by atoms with E-state index in [0.717, 1.165) is 5.56 Å². The highest BCUT2D eigenvalue weighted by molar-refractivity contribution is 6.30. The highest BCUT2D eigenvalue weighted by atomic mass is 35.5. The van der Waals surface area contributed by atoms with E-state index < -0.39 is 11.2 Å². The Bertz CT molecular complexity index is 936. The zero-order valence-corrected chi connectivity index (χ0v) is 11.9. The number of aromatic nitrogens is 4. The zero-order chi connectivity index (χ0) is 15.1. The summed E-state index contributed by atoms with van der Waals surface area (Å²) in [6, 6.07) is 7.19. The van der Waals surface area contributed by atoms with Crippen molar-refractivity contribution < 1.29 is 0 Å². The van der Waals surface area contributed by atoms with Crippen molar-refractivity contribution >= 4 is 28.7 Å². The minimum atomic E-state index is -0.524. The van der Waals surface area contributed by atoms with Crippen LogP contribution in [0.3, 0.4) is 0 Å². The van der Waals surface area contributed by atoms with Gasteiger partial charge in [0, 0.05) is 12.1 Å². The quantitative estimate of drug-likeness (QED) is 0.728.